The fourth-order valence-electron chi connectivity index (χ4n) is 5.46. The number of hydrogen-bond acceptors (Lipinski definition) is 13. The number of aliphatic hydroxyl groups excluding tert-OH is 1. The molecular formula is C28H38ClFN6O10P2. The minimum atomic E-state index is -5.33. The number of nitrogens with two attached hydrogens (primary N) is 1. The Kier molecular flexibility index (Phi) is 11.8. The summed E-state index contributed by atoms with van der Waals surface area (Å²) in [5.41, 5.74) is 5.94. The molecule has 48 heavy (non-hydrogen) atoms. The Morgan fingerprint density at radius 3 is 2.58 bits per heavy atom. The topological polar surface area (TPSA) is 219 Å². The molecule has 1 saturated carbocycles. The van der Waals surface area contributed by atoms with E-state index in [1.54, 1.807) is 32.0 Å². The molecule has 0 spiro atoms. The lowest BCUT2D eigenvalue weighted by Crippen LogP contribution is -2.42. The quantitative estimate of drug-likeness (QED) is 0.100. The van der Waals surface area contributed by atoms with Crippen LogP contribution in [-0.2, 0) is 32.2 Å². The minimum Gasteiger partial charge on any atom is -0.464 e. The Balaban J connectivity index is 1.28. The summed E-state index contributed by atoms with van der Waals surface area (Å²) in [6.45, 7) is 2.60. The Bertz CT molecular complexity index is 1670. The van der Waals surface area contributed by atoms with Crippen LogP contribution in [0.15, 0.2) is 36.7 Å². The van der Waals surface area contributed by atoms with Crippen LogP contribution in [-0.4, -0.2) is 73.1 Å². The first-order valence-corrected chi connectivity index (χ1v) is 18.8. The van der Waals surface area contributed by atoms with Crippen molar-refractivity contribution in [1.82, 2.24) is 24.6 Å². The highest BCUT2D eigenvalue weighted by Crippen LogP contribution is 2.61. The van der Waals surface area contributed by atoms with E-state index in [0.29, 0.717) is 0 Å². The van der Waals surface area contributed by atoms with Crippen molar-refractivity contribution >= 4 is 50.1 Å². The standard InChI is InChI=1S/C28H38ClFN6O10P2/c1-16(2)21(27(38)42-13-17-9-5-3-6-10-17)35-47(39,45-18-11-7-4-8-12-18)46-48(40,41)43-14-19-23(37)20(30)26(44-19)36-15-32-22-24(31)33-28(29)34-25(22)36/h4,7-8,11-12,15-17,19-21,23,26,37H,3,5-6,9-10,13-14H2,1-2H3,(H,35,39)(H,40,41)(H2,31,33,34). The van der Waals surface area contributed by atoms with Gasteiger partial charge in [-0.05, 0) is 48.4 Å². The maximum Gasteiger partial charge on any atom is 0.481 e. The molecule has 20 heteroatoms. The summed E-state index contributed by atoms with van der Waals surface area (Å²) in [6, 6.07) is 6.35. The third kappa shape index (κ3) is 8.89. The monoisotopic (exact) mass is 734 g/mol. The van der Waals surface area contributed by atoms with Crippen molar-refractivity contribution in [1.29, 1.82) is 0 Å². The van der Waals surface area contributed by atoms with Crippen LogP contribution in [0.1, 0.15) is 52.2 Å². The number of halogens is 2. The number of benzene rings is 1. The van der Waals surface area contributed by atoms with Crippen LogP contribution in [0.2, 0.25) is 5.28 Å². The van der Waals surface area contributed by atoms with Crippen LogP contribution in [0.25, 0.3) is 11.2 Å². The number of imidazole rings is 1. The highest BCUT2D eigenvalue weighted by Gasteiger charge is 2.48. The van der Waals surface area contributed by atoms with Gasteiger partial charge in [-0.2, -0.15) is 19.4 Å². The zero-order valence-corrected chi connectivity index (χ0v) is 28.7. The fraction of sp³-hybridized carbons (Fsp3) is 0.571. The van der Waals surface area contributed by atoms with Crippen LogP contribution < -0.4 is 15.3 Å². The van der Waals surface area contributed by atoms with Crippen LogP contribution in [0.4, 0.5) is 10.2 Å². The SMILES string of the molecule is CC(C)C(NP(=O)(Oc1ccccc1)OP(=O)(O)OCC1OC(n2cnc3c(N)nc(Cl)nc32)C(F)C1O)C(=O)OCC1CCCCC1. The number of nitrogen functional groups attached to an aromatic ring is 1. The lowest BCUT2D eigenvalue weighted by molar-refractivity contribution is -0.148. The molecule has 0 amide bonds. The number of esters is 1. The number of anilines is 1. The number of carbonyl (C=O) groups excluding carboxylic acids is 1. The maximum absolute atomic E-state index is 15.3. The number of alkyl halides is 1. The van der Waals surface area contributed by atoms with Crippen LogP contribution >= 0.6 is 27.2 Å². The van der Waals surface area contributed by atoms with Gasteiger partial charge < -0.3 is 29.7 Å². The number of rotatable bonds is 14. The summed E-state index contributed by atoms with van der Waals surface area (Å²) in [4.78, 5) is 35.6. The zero-order valence-electron chi connectivity index (χ0n) is 26.1. The summed E-state index contributed by atoms with van der Waals surface area (Å²) in [7, 11) is -10.2. The third-order valence-electron chi connectivity index (χ3n) is 7.97. The van der Waals surface area contributed by atoms with Crippen LogP contribution in [0, 0.1) is 11.8 Å². The summed E-state index contributed by atoms with van der Waals surface area (Å²) in [6.07, 6.45) is -0.719. The molecule has 16 nitrogen and oxygen atoms in total. The number of phosphoric acid groups is 1. The van der Waals surface area contributed by atoms with Gasteiger partial charge in [0.25, 0.3) is 0 Å². The number of hydrogen-bond donors (Lipinski definition) is 4. The second-order valence-corrected chi connectivity index (χ2v) is 15.6. The molecule has 1 aliphatic carbocycles. The number of carbonyl (C=O) groups is 1. The largest absolute Gasteiger partial charge is 0.481 e. The molecule has 2 aliphatic rings. The Morgan fingerprint density at radius 2 is 1.90 bits per heavy atom. The zero-order chi connectivity index (χ0) is 34.6. The van der Waals surface area contributed by atoms with Crippen molar-refractivity contribution in [2.45, 2.75) is 76.6 Å². The molecule has 7 unspecified atom stereocenters. The van der Waals surface area contributed by atoms with Crippen molar-refractivity contribution in [3.8, 4) is 5.75 Å². The molecular weight excluding hydrogens is 697 g/mol. The van der Waals surface area contributed by atoms with Gasteiger partial charge in [0, 0.05) is 0 Å². The molecule has 2 aromatic heterocycles. The number of phosphoric ester groups is 1. The van der Waals surface area contributed by atoms with Gasteiger partial charge in [0.2, 0.25) is 5.28 Å². The molecule has 5 rings (SSSR count). The van der Waals surface area contributed by atoms with E-state index in [1.165, 1.54) is 12.1 Å². The first kappa shape index (κ1) is 36.6. The van der Waals surface area contributed by atoms with E-state index in [9.17, 15) is 23.9 Å². The third-order valence-corrected chi connectivity index (χ3v) is 11.3. The van der Waals surface area contributed by atoms with E-state index in [1.807, 2.05) is 0 Å². The van der Waals surface area contributed by atoms with Gasteiger partial charge in [-0.15, -0.1) is 0 Å². The number of aromatic nitrogens is 4. The number of fused-ring (bicyclic) bond motifs is 1. The highest BCUT2D eigenvalue weighted by molar-refractivity contribution is 7.63. The lowest BCUT2D eigenvalue weighted by Gasteiger charge is -2.28. The van der Waals surface area contributed by atoms with E-state index >= 15 is 4.39 Å². The second kappa shape index (κ2) is 15.4. The van der Waals surface area contributed by atoms with Gasteiger partial charge >= 0.3 is 21.5 Å². The van der Waals surface area contributed by atoms with Gasteiger partial charge in [0.15, 0.2) is 23.9 Å². The van der Waals surface area contributed by atoms with E-state index < -0.39 is 64.7 Å². The smallest absolute Gasteiger partial charge is 0.464 e. The molecule has 3 aromatic rings. The summed E-state index contributed by atoms with van der Waals surface area (Å²) >= 11 is 5.89. The average molecular weight is 735 g/mol. The molecule has 264 valence electrons. The van der Waals surface area contributed by atoms with Crippen molar-refractivity contribution in [2.24, 2.45) is 11.8 Å². The number of para-hydroxylation sites is 1. The van der Waals surface area contributed by atoms with Gasteiger partial charge in [-0.3, -0.25) is 13.9 Å². The predicted octanol–water partition coefficient (Wildman–Crippen LogP) is 4.72. The normalized spacial score (nSPS) is 25.1. The minimum absolute atomic E-state index is 0.0128. The summed E-state index contributed by atoms with van der Waals surface area (Å²) in [5.74, 6) is -1.13. The van der Waals surface area contributed by atoms with Crippen molar-refractivity contribution in [2.75, 3.05) is 18.9 Å². The summed E-state index contributed by atoms with van der Waals surface area (Å²) < 4.78 is 70.4. The Morgan fingerprint density at radius 1 is 1.19 bits per heavy atom. The first-order chi connectivity index (χ1) is 22.7. The molecule has 1 aliphatic heterocycles. The van der Waals surface area contributed by atoms with Crippen LogP contribution in [0.5, 0.6) is 5.75 Å². The number of ether oxygens (including phenoxy) is 2. The highest BCUT2D eigenvalue weighted by atomic mass is 35.5. The molecule has 2 fully saturated rings. The van der Waals surface area contributed by atoms with Gasteiger partial charge in [0.1, 0.15) is 29.5 Å². The van der Waals surface area contributed by atoms with Gasteiger partial charge in [-0.25, -0.2) is 18.5 Å². The fourth-order valence-corrected chi connectivity index (χ4v) is 8.76. The molecule has 1 aromatic carbocycles. The Hall–Kier alpha value is -2.72. The lowest BCUT2D eigenvalue weighted by atomic mass is 9.90. The second-order valence-electron chi connectivity index (χ2n) is 11.9. The molecule has 7 atom stereocenters. The van der Waals surface area contributed by atoms with Crippen LogP contribution in [0.3, 0.4) is 0 Å². The molecule has 1 saturated heterocycles. The average Bonchev–Trinajstić information content (AvgIpc) is 3.58. The number of nitrogens with one attached hydrogen (secondary N) is 1. The molecule has 0 radical (unpaired) electrons. The van der Waals surface area contributed by atoms with Gasteiger partial charge in [0.05, 0.1) is 19.5 Å². The van der Waals surface area contributed by atoms with E-state index in [4.69, 9.17) is 40.2 Å². The van der Waals surface area contributed by atoms with E-state index in [2.05, 4.69) is 20.0 Å². The van der Waals surface area contributed by atoms with Crippen molar-refractivity contribution in [3.63, 3.8) is 0 Å². The number of aliphatic hydroxyl groups is 1. The summed E-state index contributed by atoms with van der Waals surface area (Å²) in [5, 5.41) is 12.8. The molecule has 3 heterocycles. The van der Waals surface area contributed by atoms with Crippen molar-refractivity contribution in [3.05, 3.63) is 41.9 Å². The Labute approximate surface area is 280 Å². The number of nitrogens with zero attached hydrogens (tertiary/aromatic N) is 4. The maximum atomic E-state index is 15.3. The van der Waals surface area contributed by atoms with E-state index in [0.717, 1.165) is 43.0 Å². The first-order valence-electron chi connectivity index (χ1n) is 15.4. The molecule has 5 N–H and O–H groups in total. The van der Waals surface area contributed by atoms with Crippen molar-refractivity contribution < 1.29 is 51.1 Å². The predicted molar refractivity (Wildman–Crippen MR) is 170 cm³/mol. The van der Waals surface area contributed by atoms with E-state index in [-0.39, 0.29) is 40.5 Å². The van der Waals surface area contributed by atoms with Gasteiger partial charge in [-0.1, -0.05) is 51.3 Å². The molecule has 0 bridgehead atoms.